The summed E-state index contributed by atoms with van der Waals surface area (Å²) in [7, 11) is 0. The van der Waals surface area contributed by atoms with E-state index in [0.29, 0.717) is 21.8 Å². The van der Waals surface area contributed by atoms with Gasteiger partial charge in [0.15, 0.2) is 5.78 Å². The lowest BCUT2D eigenvalue weighted by Crippen LogP contribution is -1.90. The summed E-state index contributed by atoms with van der Waals surface area (Å²) < 4.78 is 0. The van der Waals surface area contributed by atoms with Crippen LogP contribution in [0.5, 0.6) is 5.75 Å². The third-order valence-corrected chi connectivity index (χ3v) is 3.17. The number of hydrogen-bond donors (Lipinski definition) is 1. The second kappa shape index (κ2) is 6.07. The van der Waals surface area contributed by atoms with E-state index in [1.807, 2.05) is 0 Å². The Hall–Kier alpha value is -1.84. The van der Waals surface area contributed by atoms with Gasteiger partial charge in [0, 0.05) is 22.4 Å². The Labute approximate surface area is 126 Å². The van der Waals surface area contributed by atoms with Crippen molar-refractivity contribution in [3.8, 4) is 5.75 Å². The molecule has 2 aromatic rings. The molecule has 0 heterocycles. The minimum Gasteiger partial charge on any atom is -0.506 e. The van der Waals surface area contributed by atoms with Gasteiger partial charge in [-0.25, -0.2) is 0 Å². The van der Waals surface area contributed by atoms with Crippen LogP contribution >= 0.6 is 23.2 Å². The van der Waals surface area contributed by atoms with E-state index in [4.69, 9.17) is 23.2 Å². The summed E-state index contributed by atoms with van der Waals surface area (Å²) in [6.07, 6.45) is 1.45. The lowest BCUT2D eigenvalue weighted by molar-refractivity contribution is 0.101. The van der Waals surface area contributed by atoms with E-state index in [9.17, 15) is 9.90 Å². The van der Waals surface area contributed by atoms with Gasteiger partial charge >= 0.3 is 0 Å². The van der Waals surface area contributed by atoms with Crippen LogP contribution in [0.3, 0.4) is 0 Å². The molecule has 3 nitrogen and oxygen atoms in total. The molecule has 0 saturated heterocycles. The van der Waals surface area contributed by atoms with Crippen LogP contribution in [-0.2, 0) is 0 Å². The standard InChI is InChI=1S/C15H11Cl2NO2/c1-9(19)10-3-2-4-13(6-10)18-8-11-5-12(16)7-14(17)15(11)20/h2-8,20H,1H3. The number of Topliss-reactive ketones (excluding diaryl/α,β-unsaturated/α-hetero) is 1. The quantitative estimate of drug-likeness (QED) is 0.662. The lowest BCUT2D eigenvalue weighted by atomic mass is 10.1. The summed E-state index contributed by atoms with van der Waals surface area (Å²) in [6.45, 7) is 1.49. The summed E-state index contributed by atoms with van der Waals surface area (Å²) in [5.74, 6) is -0.113. The second-order valence-electron chi connectivity index (χ2n) is 4.19. The minimum absolute atomic E-state index is 0.0318. The van der Waals surface area contributed by atoms with Gasteiger partial charge in [-0.1, -0.05) is 35.3 Å². The number of ketones is 1. The van der Waals surface area contributed by atoms with Crippen LogP contribution in [0.25, 0.3) is 0 Å². The monoisotopic (exact) mass is 307 g/mol. The first-order chi connectivity index (χ1) is 9.47. The first kappa shape index (κ1) is 14.6. The molecular weight excluding hydrogens is 297 g/mol. The summed E-state index contributed by atoms with van der Waals surface area (Å²) in [5.41, 5.74) is 1.59. The van der Waals surface area contributed by atoms with Crippen molar-refractivity contribution in [3.63, 3.8) is 0 Å². The third-order valence-electron chi connectivity index (χ3n) is 2.66. The average Bonchev–Trinajstić information content (AvgIpc) is 2.41. The van der Waals surface area contributed by atoms with Gasteiger partial charge in [0.05, 0.1) is 10.7 Å². The molecule has 0 aliphatic heterocycles. The van der Waals surface area contributed by atoms with E-state index in [2.05, 4.69) is 4.99 Å². The third kappa shape index (κ3) is 3.38. The number of carbonyl (C=O) groups excluding carboxylic acids is 1. The van der Waals surface area contributed by atoms with Crippen LogP contribution in [0.2, 0.25) is 10.0 Å². The number of phenols is 1. The maximum Gasteiger partial charge on any atom is 0.159 e. The van der Waals surface area contributed by atoms with Crippen molar-refractivity contribution in [1.29, 1.82) is 0 Å². The number of phenolic OH excluding ortho intramolecular Hbond substituents is 1. The summed E-state index contributed by atoms with van der Waals surface area (Å²) >= 11 is 11.7. The van der Waals surface area contributed by atoms with E-state index in [-0.39, 0.29) is 16.6 Å². The minimum atomic E-state index is -0.0810. The zero-order chi connectivity index (χ0) is 14.7. The largest absolute Gasteiger partial charge is 0.506 e. The van der Waals surface area contributed by atoms with Crippen LogP contribution in [0.1, 0.15) is 22.8 Å². The molecule has 0 amide bonds. The topological polar surface area (TPSA) is 49.7 Å². The molecule has 0 saturated carbocycles. The number of hydrogen-bond acceptors (Lipinski definition) is 3. The Morgan fingerprint density at radius 1 is 1.25 bits per heavy atom. The molecule has 0 aromatic heterocycles. The summed E-state index contributed by atoms with van der Waals surface area (Å²) in [4.78, 5) is 15.5. The molecule has 0 atom stereocenters. The fourth-order valence-electron chi connectivity index (χ4n) is 1.63. The molecule has 1 N–H and O–H groups in total. The second-order valence-corrected chi connectivity index (χ2v) is 5.03. The van der Waals surface area contributed by atoms with Crippen molar-refractivity contribution in [2.24, 2.45) is 4.99 Å². The van der Waals surface area contributed by atoms with Crippen LogP contribution < -0.4 is 0 Å². The van der Waals surface area contributed by atoms with Crippen molar-refractivity contribution in [3.05, 3.63) is 57.6 Å². The number of halogens is 2. The molecule has 2 rings (SSSR count). The highest BCUT2D eigenvalue weighted by molar-refractivity contribution is 6.36. The first-order valence-corrected chi connectivity index (χ1v) is 6.56. The normalized spacial score (nSPS) is 10.9. The van der Waals surface area contributed by atoms with Crippen LogP contribution in [0.4, 0.5) is 5.69 Å². The van der Waals surface area contributed by atoms with Crippen molar-refractivity contribution >= 4 is 40.9 Å². The summed E-state index contributed by atoms with van der Waals surface area (Å²) in [6, 6.07) is 9.89. The molecule has 2 aromatic carbocycles. The van der Waals surface area contributed by atoms with Gasteiger partial charge in [0.25, 0.3) is 0 Å². The Kier molecular flexibility index (Phi) is 4.42. The molecule has 102 valence electrons. The van der Waals surface area contributed by atoms with Crippen LogP contribution in [0, 0.1) is 0 Å². The Morgan fingerprint density at radius 2 is 2.00 bits per heavy atom. The fourth-order valence-corrected chi connectivity index (χ4v) is 2.14. The molecule has 0 fully saturated rings. The molecule has 5 heteroatoms. The maximum atomic E-state index is 11.3. The van der Waals surface area contributed by atoms with E-state index in [0.717, 1.165) is 0 Å². The molecular formula is C15H11Cl2NO2. The lowest BCUT2D eigenvalue weighted by Gasteiger charge is -2.02. The molecule has 0 spiro atoms. The van der Waals surface area contributed by atoms with E-state index in [1.165, 1.54) is 19.2 Å². The molecule has 0 bridgehead atoms. The van der Waals surface area contributed by atoms with Gasteiger partial charge in [0.1, 0.15) is 5.75 Å². The fraction of sp³-hybridized carbons (Fsp3) is 0.0667. The SMILES string of the molecule is CC(=O)c1cccc(N=Cc2cc(Cl)cc(Cl)c2O)c1. The van der Waals surface area contributed by atoms with Crippen LogP contribution in [0.15, 0.2) is 41.4 Å². The Morgan fingerprint density at radius 3 is 2.70 bits per heavy atom. The number of aromatic hydroxyl groups is 1. The number of benzene rings is 2. The molecule has 0 aliphatic carbocycles. The average molecular weight is 308 g/mol. The number of rotatable bonds is 3. The smallest absolute Gasteiger partial charge is 0.159 e. The maximum absolute atomic E-state index is 11.3. The van der Waals surface area contributed by atoms with Crippen molar-refractivity contribution < 1.29 is 9.90 Å². The van der Waals surface area contributed by atoms with Gasteiger partial charge in [-0.15, -0.1) is 0 Å². The molecule has 0 radical (unpaired) electrons. The van der Waals surface area contributed by atoms with Gasteiger partial charge in [-0.05, 0) is 31.2 Å². The van der Waals surface area contributed by atoms with Crippen LogP contribution in [-0.4, -0.2) is 17.1 Å². The molecule has 20 heavy (non-hydrogen) atoms. The van der Waals surface area contributed by atoms with Gasteiger partial charge in [-0.2, -0.15) is 0 Å². The van der Waals surface area contributed by atoms with Crippen molar-refractivity contribution in [1.82, 2.24) is 0 Å². The zero-order valence-corrected chi connectivity index (χ0v) is 12.1. The molecule has 0 unspecified atom stereocenters. The van der Waals surface area contributed by atoms with Gasteiger partial charge in [0.2, 0.25) is 0 Å². The van der Waals surface area contributed by atoms with Gasteiger partial charge < -0.3 is 5.11 Å². The Balaban J connectivity index is 2.34. The molecule has 0 aliphatic rings. The first-order valence-electron chi connectivity index (χ1n) is 5.80. The highest BCUT2D eigenvalue weighted by Crippen LogP contribution is 2.30. The highest BCUT2D eigenvalue weighted by Gasteiger charge is 2.06. The highest BCUT2D eigenvalue weighted by atomic mass is 35.5. The zero-order valence-electron chi connectivity index (χ0n) is 10.6. The number of aliphatic imine (C=N–C) groups is 1. The van der Waals surface area contributed by atoms with E-state index >= 15 is 0 Å². The van der Waals surface area contributed by atoms with Gasteiger partial charge in [-0.3, -0.25) is 9.79 Å². The van der Waals surface area contributed by atoms with Crippen molar-refractivity contribution in [2.45, 2.75) is 6.92 Å². The number of carbonyl (C=O) groups is 1. The van der Waals surface area contributed by atoms with E-state index in [1.54, 1.807) is 30.3 Å². The van der Waals surface area contributed by atoms with Crippen molar-refractivity contribution in [2.75, 3.05) is 0 Å². The summed E-state index contributed by atoms with van der Waals surface area (Å²) in [5, 5.41) is 10.4. The predicted octanol–water partition coefficient (Wildman–Crippen LogP) is 4.65. The van der Waals surface area contributed by atoms with E-state index < -0.39 is 0 Å². The number of nitrogens with zero attached hydrogens (tertiary/aromatic N) is 1. The Bertz CT molecular complexity index is 696. The predicted molar refractivity (Wildman–Crippen MR) is 81.8 cm³/mol.